The molecule has 2 aromatic rings. The van der Waals surface area contributed by atoms with E-state index in [0.29, 0.717) is 12.2 Å². The Hall–Kier alpha value is -0.960. The number of aliphatic hydroxyl groups is 1. The Bertz CT molecular complexity index is 542. The molecule has 0 amide bonds. The van der Waals surface area contributed by atoms with E-state index in [2.05, 4.69) is 25.1 Å². The Morgan fingerprint density at radius 1 is 1.16 bits per heavy atom. The predicted molar refractivity (Wildman–Crippen MR) is 83.1 cm³/mol. The maximum atomic E-state index is 10.1. The summed E-state index contributed by atoms with van der Waals surface area (Å²) in [6.45, 7) is 2.07. The molecule has 3 heteroatoms. The lowest BCUT2D eigenvalue weighted by Crippen LogP contribution is -2.13. The molecule has 1 nitrogen and oxygen atoms in total. The number of rotatable bonds is 5. The zero-order valence-corrected chi connectivity index (χ0v) is 12.4. The summed E-state index contributed by atoms with van der Waals surface area (Å²) >= 11 is 7.76. The first kappa shape index (κ1) is 14.4. The van der Waals surface area contributed by atoms with Crippen molar-refractivity contribution in [2.45, 2.75) is 24.3 Å². The van der Waals surface area contributed by atoms with Crippen molar-refractivity contribution < 1.29 is 5.11 Å². The van der Waals surface area contributed by atoms with E-state index in [4.69, 9.17) is 11.6 Å². The van der Waals surface area contributed by atoms with Gasteiger partial charge in [-0.25, -0.2) is 0 Å². The van der Waals surface area contributed by atoms with Crippen LogP contribution in [0.1, 0.15) is 11.1 Å². The molecule has 0 fully saturated rings. The second-order valence-electron chi connectivity index (χ2n) is 4.58. The highest BCUT2D eigenvalue weighted by Crippen LogP contribution is 2.22. The van der Waals surface area contributed by atoms with Gasteiger partial charge in [0.05, 0.1) is 6.10 Å². The number of halogens is 1. The molecule has 2 rings (SSSR count). The molecule has 0 heterocycles. The van der Waals surface area contributed by atoms with Gasteiger partial charge in [0.25, 0.3) is 0 Å². The first-order valence-electron chi connectivity index (χ1n) is 6.26. The number of aliphatic hydroxyl groups excluding tert-OH is 1. The van der Waals surface area contributed by atoms with Crippen molar-refractivity contribution in [1.82, 2.24) is 0 Å². The monoisotopic (exact) mass is 292 g/mol. The molecular weight excluding hydrogens is 276 g/mol. The summed E-state index contributed by atoms with van der Waals surface area (Å²) in [6.07, 6.45) is 0.212. The normalized spacial score (nSPS) is 12.4. The zero-order chi connectivity index (χ0) is 13.7. The molecule has 19 heavy (non-hydrogen) atoms. The van der Waals surface area contributed by atoms with E-state index in [9.17, 15) is 5.11 Å². The fourth-order valence-corrected chi connectivity index (χ4v) is 3.03. The molecule has 1 N–H and O–H groups in total. The van der Waals surface area contributed by atoms with E-state index >= 15 is 0 Å². The summed E-state index contributed by atoms with van der Waals surface area (Å²) < 4.78 is 0. The van der Waals surface area contributed by atoms with Crippen LogP contribution in [0.15, 0.2) is 53.4 Å². The lowest BCUT2D eigenvalue weighted by molar-refractivity contribution is 0.200. The van der Waals surface area contributed by atoms with Crippen LogP contribution in [0.2, 0.25) is 5.02 Å². The summed E-state index contributed by atoms with van der Waals surface area (Å²) in [5.74, 6) is 0.675. The maximum absolute atomic E-state index is 10.1. The average molecular weight is 293 g/mol. The SMILES string of the molecule is Cc1cccc(SCC(O)Cc2ccccc2Cl)c1. The van der Waals surface area contributed by atoms with Gasteiger partial charge >= 0.3 is 0 Å². The highest BCUT2D eigenvalue weighted by Gasteiger charge is 2.09. The second-order valence-corrected chi connectivity index (χ2v) is 6.08. The Balaban J connectivity index is 1.88. The molecule has 0 saturated heterocycles. The Kier molecular flexibility index (Phi) is 5.32. The molecular formula is C16H17ClOS. The fourth-order valence-electron chi connectivity index (χ4n) is 1.87. The molecule has 1 unspecified atom stereocenters. The van der Waals surface area contributed by atoms with E-state index in [-0.39, 0.29) is 6.10 Å². The van der Waals surface area contributed by atoms with Gasteiger partial charge in [-0.3, -0.25) is 0 Å². The third-order valence-corrected chi connectivity index (χ3v) is 4.35. The zero-order valence-electron chi connectivity index (χ0n) is 10.8. The summed E-state index contributed by atoms with van der Waals surface area (Å²) in [6, 6.07) is 16.0. The lowest BCUT2D eigenvalue weighted by atomic mass is 10.1. The van der Waals surface area contributed by atoms with Crippen LogP contribution in [-0.2, 0) is 6.42 Å². The van der Waals surface area contributed by atoms with Crippen LogP contribution in [0, 0.1) is 6.92 Å². The number of thioether (sulfide) groups is 1. The van der Waals surface area contributed by atoms with Crippen molar-refractivity contribution in [3.63, 3.8) is 0 Å². The van der Waals surface area contributed by atoms with Crippen molar-refractivity contribution in [3.05, 3.63) is 64.7 Å². The van der Waals surface area contributed by atoms with Gasteiger partial charge in [0.15, 0.2) is 0 Å². The minimum Gasteiger partial charge on any atom is -0.392 e. The fraction of sp³-hybridized carbons (Fsp3) is 0.250. The van der Waals surface area contributed by atoms with Gasteiger partial charge in [0, 0.05) is 22.1 Å². The van der Waals surface area contributed by atoms with Crippen LogP contribution in [0.3, 0.4) is 0 Å². The third kappa shape index (κ3) is 4.57. The quantitative estimate of drug-likeness (QED) is 0.827. The Morgan fingerprint density at radius 3 is 2.68 bits per heavy atom. The predicted octanol–water partition coefficient (Wildman–Crippen LogP) is 4.34. The Morgan fingerprint density at radius 2 is 1.95 bits per heavy atom. The third-order valence-electron chi connectivity index (χ3n) is 2.85. The lowest BCUT2D eigenvalue weighted by Gasteiger charge is -2.11. The topological polar surface area (TPSA) is 20.2 Å². The van der Waals surface area contributed by atoms with Gasteiger partial charge in [0.2, 0.25) is 0 Å². The van der Waals surface area contributed by atoms with Crippen LogP contribution in [-0.4, -0.2) is 17.0 Å². The number of aryl methyl sites for hydroxylation is 1. The van der Waals surface area contributed by atoms with Gasteiger partial charge < -0.3 is 5.11 Å². The summed E-state index contributed by atoms with van der Waals surface area (Å²) in [4.78, 5) is 1.19. The van der Waals surface area contributed by atoms with Crippen molar-refractivity contribution in [2.24, 2.45) is 0 Å². The van der Waals surface area contributed by atoms with Crippen LogP contribution >= 0.6 is 23.4 Å². The minimum absolute atomic E-state index is 0.384. The van der Waals surface area contributed by atoms with E-state index in [0.717, 1.165) is 10.6 Å². The van der Waals surface area contributed by atoms with Gasteiger partial charge in [-0.1, -0.05) is 47.5 Å². The molecule has 2 aromatic carbocycles. The van der Waals surface area contributed by atoms with Gasteiger partial charge in [-0.2, -0.15) is 0 Å². The van der Waals surface area contributed by atoms with Crippen molar-refractivity contribution in [3.8, 4) is 0 Å². The molecule has 0 aliphatic rings. The van der Waals surface area contributed by atoms with Gasteiger partial charge in [0.1, 0.15) is 0 Å². The molecule has 1 atom stereocenters. The van der Waals surface area contributed by atoms with E-state index in [1.54, 1.807) is 11.8 Å². The van der Waals surface area contributed by atoms with Crippen LogP contribution in [0.5, 0.6) is 0 Å². The van der Waals surface area contributed by atoms with Crippen LogP contribution < -0.4 is 0 Å². The highest BCUT2D eigenvalue weighted by atomic mass is 35.5. The molecule has 0 aliphatic heterocycles. The minimum atomic E-state index is -0.384. The molecule has 0 aromatic heterocycles. The van der Waals surface area contributed by atoms with E-state index in [1.807, 2.05) is 30.3 Å². The highest BCUT2D eigenvalue weighted by molar-refractivity contribution is 7.99. The molecule has 0 bridgehead atoms. The number of benzene rings is 2. The number of hydrogen-bond donors (Lipinski definition) is 1. The van der Waals surface area contributed by atoms with E-state index in [1.165, 1.54) is 10.5 Å². The smallest absolute Gasteiger partial charge is 0.0674 e. The average Bonchev–Trinajstić information content (AvgIpc) is 2.39. The van der Waals surface area contributed by atoms with Gasteiger partial charge in [-0.15, -0.1) is 11.8 Å². The molecule has 0 aliphatic carbocycles. The van der Waals surface area contributed by atoms with Crippen LogP contribution in [0.4, 0.5) is 0 Å². The molecule has 100 valence electrons. The molecule has 0 radical (unpaired) electrons. The summed E-state index contributed by atoms with van der Waals surface area (Å²) in [7, 11) is 0. The van der Waals surface area contributed by atoms with Gasteiger partial charge in [-0.05, 0) is 30.7 Å². The largest absolute Gasteiger partial charge is 0.392 e. The van der Waals surface area contributed by atoms with Crippen molar-refractivity contribution in [1.29, 1.82) is 0 Å². The molecule has 0 spiro atoms. The maximum Gasteiger partial charge on any atom is 0.0674 e. The summed E-state index contributed by atoms with van der Waals surface area (Å²) in [5.41, 5.74) is 2.24. The first-order chi connectivity index (χ1) is 9.15. The van der Waals surface area contributed by atoms with Crippen LogP contribution in [0.25, 0.3) is 0 Å². The van der Waals surface area contributed by atoms with Crippen molar-refractivity contribution >= 4 is 23.4 Å². The van der Waals surface area contributed by atoms with E-state index < -0.39 is 0 Å². The van der Waals surface area contributed by atoms with Crippen molar-refractivity contribution in [2.75, 3.05) is 5.75 Å². The Labute approximate surface area is 123 Å². The summed E-state index contributed by atoms with van der Waals surface area (Å²) in [5, 5.41) is 10.8. The molecule has 0 saturated carbocycles. The second kappa shape index (κ2) is 6.99. The first-order valence-corrected chi connectivity index (χ1v) is 7.62. The number of hydrogen-bond acceptors (Lipinski definition) is 2. The standard InChI is InChI=1S/C16H17ClOS/c1-12-5-4-7-15(9-12)19-11-14(18)10-13-6-2-3-8-16(13)17/h2-9,14,18H,10-11H2,1H3.